The molecule has 0 aliphatic heterocycles. The smallest absolute Gasteiger partial charge is 0.223 e. The Bertz CT molecular complexity index is 448. The summed E-state index contributed by atoms with van der Waals surface area (Å²) in [6.07, 6.45) is 4.38. The van der Waals surface area contributed by atoms with Crippen LogP contribution in [0.15, 0.2) is 24.3 Å². The second-order valence-electron chi connectivity index (χ2n) is 5.09. The van der Waals surface area contributed by atoms with Gasteiger partial charge in [0.15, 0.2) is 0 Å². The molecule has 0 unspecified atom stereocenters. The van der Waals surface area contributed by atoms with Crippen molar-refractivity contribution in [3.8, 4) is 0 Å². The largest absolute Gasteiger partial charge is 0.393 e. The Kier molecular flexibility index (Phi) is 4.91. The molecule has 0 saturated heterocycles. The zero-order valence-electron chi connectivity index (χ0n) is 11.0. The van der Waals surface area contributed by atoms with Crippen molar-refractivity contribution in [2.24, 2.45) is 11.7 Å². The number of rotatable bonds is 6. The predicted octanol–water partition coefficient (Wildman–Crippen LogP) is 1.97. The maximum Gasteiger partial charge on any atom is 0.223 e. The Morgan fingerprint density at radius 3 is 2.47 bits per heavy atom. The summed E-state index contributed by atoms with van der Waals surface area (Å²) in [5.74, 6) is 0.277. The molecule has 1 aromatic carbocycles. The number of nitrogens with one attached hydrogen (secondary N) is 1. The number of benzene rings is 1. The molecular weight excluding hydrogens is 256 g/mol. The van der Waals surface area contributed by atoms with Crippen molar-refractivity contribution in [3.63, 3.8) is 0 Å². The molecule has 3 nitrogen and oxygen atoms in total. The lowest BCUT2D eigenvalue weighted by Gasteiger charge is -2.10. The number of carbonyl (C=O) groups excluding carboxylic acids is 1. The first-order valence-corrected chi connectivity index (χ1v) is 7.20. The van der Waals surface area contributed by atoms with Crippen molar-refractivity contribution < 1.29 is 4.79 Å². The lowest BCUT2D eigenvalue weighted by atomic mass is 10.1. The van der Waals surface area contributed by atoms with Crippen LogP contribution in [-0.2, 0) is 17.6 Å². The second kappa shape index (κ2) is 6.66. The molecule has 0 saturated carbocycles. The van der Waals surface area contributed by atoms with Crippen LogP contribution in [-0.4, -0.2) is 17.4 Å². The van der Waals surface area contributed by atoms with Crippen molar-refractivity contribution >= 4 is 23.1 Å². The first-order valence-electron chi connectivity index (χ1n) is 6.79. The average Bonchev–Trinajstić information content (AvgIpc) is 2.81. The number of thiocarbonyl (C=S) groups is 1. The van der Waals surface area contributed by atoms with E-state index in [0.29, 0.717) is 11.5 Å². The molecule has 102 valence electrons. The third-order valence-electron chi connectivity index (χ3n) is 3.57. The molecule has 3 N–H and O–H groups in total. The van der Waals surface area contributed by atoms with Crippen LogP contribution in [0.5, 0.6) is 0 Å². The molecule has 0 fully saturated rings. The molecule has 0 radical (unpaired) electrons. The number of unbranched alkanes of at least 4 members (excludes halogenated alkanes) is 1. The van der Waals surface area contributed by atoms with E-state index < -0.39 is 0 Å². The summed E-state index contributed by atoms with van der Waals surface area (Å²) in [6, 6.07) is 8.30. The number of hydrogen-bond donors (Lipinski definition) is 2. The monoisotopic (exact) mass is 276 g/mol. The van der Waals surface area contributed by atoms with E-state index in [1.54, 1.807) is 0 Å². The van der Waals surface area contributed by atoms with Crippen LogP contribution in [0, 0.1) is 5.92 Å². The number of amides is 1. The Labute approximate surface area is 119 Å². The summed E-state index contributed by atoms with van der Waals surface area (Å²) in [4.78, 5) is 12.6. The van der Waals surface area contributed by atoms with E-state index in [9.17, 15) is 4.79 Å². The molecule has 0 atom stereocenters. The van der Waals surface area contributed by atoms with Crippen LogP contribution in [0.3, 0.4) is 0 Å². The van der Waals surface area contributed by atoms with Gasteiger partial charge in [-0.2, -0.15) is 0 Å². The summed E-state index contributed by atoms with van der Waals surface area (Å²) < 4.78 is 0. The van der Waals surface area contributed by atoms with Gasteiger partial charge in [0.25, 0.3) is 0 Å². The molecule has 1 aliphatic rings. The first-order chi connectivity index (χ1) is 9.16. The summed E-state index contributed by atoms with van der Waals surface area (Å²) in [5, 5.41) is 3.01. The molecule has 2 rings (SSSR count). The highest BCUT2D eigenvalue weighted by Crippen LogP contribution is 2.26. The third kappa shape index (κ3) is 4.03. The quantitative estimate of drug-likeness (QED) is 0.617. The lowest BCUT2D eigenvalue weighted by Crippen LogP contribution is -2.31. The van der Waals surface area contributed by atoms with Gasteiger partial charge >= 0.3 is 0 Å². The number of nitrogens with two attached hydrogens (primary N) is 1. The van der Waals surface area contributed by atoms with Gasteiger partial charge < -0.3 is 11.1 Å². The van der Waals surface area contributed by atoms with E-state index >= 15 is 0 Å². The minimum absolute atomic E-state index is 0.105. The van der Waals surface area contributed by atoms with E-state index in [1.807, 2.05) is 12.1 Å². The van der Waals surface area contributed by atoms with Gasteiger partial charge in [-0.1, -0.05) is 36.5 Å². The van der Waals surface area contributed by atoms with Crippen LogP contribution in [0.4, 0.5) is 0 Å². The third-order valence-corrected chi connectivity index (χ3v) is 3.78. The van der Waals surface area contributed by atoms with Gasteiger partial charge in [0, 0.05) is 12.5 Å². The SMILES string of the molecule is NC(=S)CCCCNC(=O)C1Cc2ccccc2C1. The first kappa shape index (κ1) is 14.0. The fourth-order valence-corrected chi connectivity index (χ4v) is 2.67. The highest BCUT2D eigenvalue weighted by molar-refractivity contribution is 7.80. The minimum Gasteiger partial charge on any atom is -0.393 e. The van der Waals surface area contributed by atoms with Gasteiger partial charge in [-0.15, -0.1) is 0 Å². The van der Waals surface area contributed by atoms with Crippen molar-refractivity contribution in [2.45, 2.75) is 32.1 Å². The van der Waals surface area contributed by atoms with Crippen LogP contribution in [0.2, 0.25) is 0 Å². The maximum absolute atomic E-state index is 12.0. The van der Waals surface area contributed by atoms with Crippen molar-refractivity contribution in [1.29, 1.82) is 0 Å². The molecule has 0 aromatic heterocycles. The molecule has 0 bridgehead atoms. The fraction of sp³-hybridized carbons (Fsp3) is 0.467. The van der Waals surface area contributed by atoms with E-state index in [1.165, 1.54) is 11.1 Å². The molecule has 4 heteroatoms. The zero-order valence-corrected chi connectivity index (χ0v) is 11.8. The van der Waals surface area contributed by atoms with Crippen molar-refractivity contribution in [3.05, 3.63) is 35.4 Å². The Morgan fingerprint density at radius 1 is 1.26 bits per heavy atom. The normalized spacial score (nSPS) is 14.1. The standard InChI is InChI=1S/C15H20N2OS/c16-14(19)7-3-4-8-17-15(18)13-9-11-5-1-2-6-12(11)10-13/h1-2,5-6,13H,3-4,7-10H2,(H2,16,19)(H,17,18). The van der Waals surface area contributed by atoms with Crippen LogP contribution >= 0.6 is 12.2 Å². The van der Waals surface area contributed by atoms with Gasteiger partial charge in [-0.05, 0) is 43.2 Å². The van der Waals surface area contributed by atoms with Crippen LogP contribution in [0.1, 0.15) is 30.4 Å². The van der Waals surface area contributed by atoms with E-state index in [2.05, 4.69) is 17.4 Å². The van der Waals surface area contributed by atoms with Crippen LogP contribution in [0.25, 0.3) is 0 Å². The topological polar surface area (TPSA) is 55.1 Å². The molecule has 0 spiro atoms. The lowest BCUT2D eigenvalue weighted by molar-refractivity contribution is -0.124. The van der Waals surface area contributed by atoms with Gasteiger partial charge in [-0.25, -0.2) is 0 Å². The zero-order chi connectivity index (χ0) is 13.7. The summed E-state index contributed by atoms with van der Waals surface area (Å²) in [7, 11) is 0. The number of fused-ring (bicyclic) bond motifs is 1. The van der Waals surface area contributed by atoms with Gasteiger partial charge in [0.05, 0.1) is 4.99 Å². The summed E-state index contributed by atoms with van der Waals surface area (Å²) in [5.41, 5.74) is 8.06. The highest BCUT2D eigenvalue weighted by Gasteiger charge is 2.26. The molecule has 1 aliphatic carbocycles. The maximum atomic E-state index is 12.0. The van der Waals surface area contributed by atoms with E-state index in [-0.39, 0.29) is 11.8 Å². The Morgan fingerprint density at radius 2 is 1.89 bits per heavy atom. The highest BCUT2D eigenvalue weighted by atomic mass is 32.1. The molecule has 1 aromatic rings. The van der Waals surface area contributed by atoms with Crippen LogP contribution < -0.4 is 11.1 Å². The number of hydrogen-bond acceptors (Lipinski definition) is 2. The minimum atomic E-state index is 0.105. The van der Waals surface area contributed by atoms with Gasteiger partial charge in [-0.3, -0.25) is 4.79 Å². The Balaban J connectivity index is 1.70. The molecule has 1 amide bonds. The van der Waals surface area contributed by atoms with Crippen molar-refractivity contribution in [2.75, 3.05) is 6.54 Å². The summed E-state index contributed by atoms with van der Waals surface area (Å²) >= 11 is 4.81. The Hall–Kier alpha value is -1.42. The molecule has 0 heterocycles. The fourth-order valence-electron chi connectivity index (χ4n) is 2.52. The predicted molar refractivity (Wildman–Crippen MR) is 81.0 cm³/mol. The van der Waals surface area contributed by atoms with Crippen molar-refractivity contribution in [1.82, 2.24) is 5.32 Å². The van der Waals surface area contributed by atoms with E-state index in [4.69, 9.17) is 18.0 Å². The number of carbonyl (C=O) groups is 1. The van der Waals surface area contributed by atoms with Gasteiger partial charge in [0.2, 0.25) is 5.91 Å². The molecule has 19 heavy (non-hydrogen) atoms. The van der Waals surface area contributed by atoms with E-state index in [0.717, 1.165) is 32.1 Å². The molecular formula is C15H20N2OS. The van der Waals surface area contributed by atoms with Gasteiger partial charge in [0.1, 0.15) is 0 Å². The summed E-state index contributed by atoms with van der Waals surface area (Å²) in [6.45, 7) is 0.717. The second-order valence-corrected chi connectivity index (χ2v) is 5.61. The average molecular weight is 276 g/mol.